The number of hydrogen-bond acceptors (Lipinski definition) is 1. The van der Waals surface area contributed by atoms with Crippen LogP contribution in [0.4, 0.5) is 0 Å². The number of aromatic nitrogens is 1. The van der Waals surface area contributed by atoms with Gasteiger partial charge in [-0.2, -0.15) is 4.57 Å². The first-order valence-corrected chi connectivity index (χ1v) is 3.29. The van der Waals surface area contributed by atoms with Crippen molar-refractivity contribution in [3.8, 4) is 0 Å². The molecule has 0 spiro atoms. The Morgan fingerprint density at radius 1 is 1.62 bits per heavy atom. The third-order valence-corrected chi connectivity index (χ3v) is 1.56. The number of hydrogen-bond donors (Lipinski definition) is 0. The molecule has 0 unspecified atom stereocenters. The normalized spacial score (nSPS) is 8.12. The van der Waals surface area contributed by atoms with Crippen molar-refractivity contribution in [2.24, 2.45) is 0 Å². The highest BCUT2D eigenvalue weighted by atomic mass is 79.9. The first-order valence-electron chi connectivity index (χ1n) is 2.34. The molecule has 1 aromatic rings. The lowest BCUT2D eigenvalue weighted by atomic mass is 10.7. The molecule has 0 radical (unpaired) electrons. The van der Waals surface area contributed by atoms with E-state index in [2.05, 4.69) is 28.6 Å². The Kier molecular flexibility index (Phi) is 4.09. The summed E-state index contributed by atoms with van der Waals surface area (Å²) in [5, 5.41) is 2.07. The third kappa shape index (κ3) is 1.92. The molecule has 0 fully saturated rings. The largest absolute Gasteiger partial charge is 1.00 e. The van der Waals surface area contributed by atoms with Crippen molar-refractivity contribution < 1.29 is 21.5 Å². The van der Waals surface area contributed by atoms with E-state index in [0.29, 0.717) is 0 Å². The van der Waals surface area contributed by atoms with Gasteiger partial charge in [0, 0.05) is 0 Å². The molecule has 0 aromatic carbocycles. The summed E-state index contributed by atoms with van der Waals surface area (Å²) in [4.78, 5) is 0. The smallest absolute Gasteiger partial charge is 0.224 e. The summed E-state index contributed by atoms with van der Waals surface area (Å²) in [5.74, 6) is 0. The van der Waals surface area contributed by atoms with Gasteiger partial charge in [-0.25, -0.2) is 0 Å². The fraction of sp³-hybridized carbons (Fsp3) is 0.400. The van der Waals surface area contributed by atoms with E-state index in [1.165, 1.54) is 0 Å². The van der Waals surface area contributed by atoms with Crippen LogP contribution < -0.4 is 21.5 Å². The van der Waals surface area contributed by atoms with Gasteiger partial charge in [-0.1, -0.05) is 11.3 Å². The highest BCUT2D eigenvalue weighted by Crippen LogP contribution is 1.85. The lowest BCUT2D eigenvalue weighted by Gasteiger charge is -1.74. The summed E-state index contributed by atoms with van der Waals surface area (Å²) >= 11 is 1.73. The monoisotopic (exact) mass is 193 g/mol. The van der Waals surface area contributed by atoms with Gasteiger partial charge in [-0.15, -0.1) is 0 Å². The van der Waals surface area contributed by atoms with Gasteiger partial charge >= 0.3 is 0 Å². The molecule has 1 nitrogen and oxygen atoms in total. The van der Waals surface area contributed by atoms with Gasteiger partial charge in [-0.05, 0) is 6.92 Å². The molecule has 0 aliphatic carbocycles. The van der Waals surface area contributed by atoms with Gasteiger partial charge in [0.25, 0.3) is 0 Å². The molecular weight excluding hydrogens is 186 g/mol. The quantitative estimate of drug-likeness (QED) is 0.458. The van der Waals surface area contributed by atoms with Crippen LogP contribution in [-0.2, 0) is 6.54 Å². The Morgan fingerprint density at radius 2 is 2.38 bits per heavy atom. The minimum Gasteiger partial charge on any atom is -1.00 e. The van der Waals surface area contributed by atoms with Crippen molar-refractivity contribution in [1.82, 2.24) is 0 Å². The number of halogens is 1. The lowest BCUT2D eigenvalue weighted by Crippen LogP contribution is -3.00. The average Bonchev–Trinajstić information content (AvgIpc) is 2.14. The first kappa shape index (κ1) is 8.11. The molecular formula is C5H8BrNS. The minimum absolute atomic E-state index is 0. The van der Waals surface area contributed by atoms with E-state index in [9.17, 15) is 0 Å². The van der Waals surface area contributed by atoms with Gasteiger partial charge < -0.3 is 17.0 Å². The van der Waals surface area contributed by atoms with E-state index in [4.69, 9.17) is 0 Å². The average molecular weight is 194 g/mol. The molecule has 46 valence electrons. The zero-order chi connectivity index (χ0) is 5.11. The van der Waals surface area contributed by atoms with Crippen LogP contribution in [0.3, 0.4) is 0 Å². The van der Waals surface area contributed by atoms with E-state index in [1.807, 2.05) is 0 Å². The zero-order valence-corrected chi connectivity index (χ0v) is 7.08. The Bertz CT molecular complexity index is 127. The summed E-state index contributed by atoms with van der Waals surface area (Å²) in [6.45, 7) is 3.22. The van der Waals surface area contributed by atoms with Crippen LogP contribution in [0, 0.1) is 0 Å². The maximum absolute atomic E-state index is 2.14. The lowest BCUT2D eigenvalue weighted by molar-refractivity contribution is -0.688. The first-order chi connectivity index (χ1) is 3.43. The van der Waals surface area contributed by atoms with Gasteiger partial charge in [0.05, 0.1) is 5.38 Å². The molecule has 1 heterocycles. The van der Waals surface area contributed by atoms with Crippen molar-refractivity contribution in [3.05, 3.63) is 17.1 Å². The maximum atomic E-state index is 2.14. The topological polar surface area (TPSA) is 3.88 Å². The van der Waals surface area contributed by atoms with E-state index in [0.717, 1.165) is 6.54 Å². The van der Waals surface area contributed by atoms with Crippen LogP contribution in [0.5, 0.6) is 0 Å². The van der Waals surface area contributed by atoms with Crippen molar-refractivity contribution >= 4 is 11.3 Å². The van der Waals surface area contributed by atoms with E-state index in [1.54, 1.807) is 11.3 Å². The van der Waals surface area contributed by atoms with Crippen LogP contribution in [0.15, 0.2) is 17.1 Å². The Labute approximate surface area is 63.7 Å². The van der Waals surface area contributed by atoms with Crippen LogP contribution in [0.2, 0.25) is 0 Å². The van der Waals surface area contributed by atoms with Crippen molar-refractivity contribution in [1.29, 1.82) is 0 Å². The Balaban J connectivity index is 0.000000490. The predicted molar refractivity (Wildman–Crippen MR) is 30.2 cm³/mol. The fourth-order valence-electron chi connectivity index (χ4n) is 0.442. The SMILES string of the molecule is CC[n+]1ccsc1.[Br-]. The molecule has 0 saturated carbocycles. The second kappa shape index (κ2) is 4.04. The molecule has 0 aliphatic rings. The van der Waals surface area contributed by atoms with Gasteiger partial charge in [0.2, 0.25) is 5.51 Å². The van der Waals surface area contributed by atoms with Crippen LogP contribution in [0.25, 0.3) is 0 Å². The zero-order valence-electron chi connectivity index (χ0n) is 4.67. The number of nitrogens with zero attached hydrogens (tertiary/aromatic N) is 1. The maximum Gasteiger partial charge on any atom is 0.224 e. The van der Waals surface area contributed by atoms with Crippen molar-refractivity contribution in [2.75, 3.05) is 0 Å². The second-order valence-electron chi connectivity index (χ2n) is 1.36. The van der Waals surface area contributed by atoms with Gasteiger partial charge in [-0.3, -0.25) is 0 Å². The van der Waals surface area contributed by atoms with Crippen LogP contribution in [-0.4, -0.2) is 0 Å². The van der Waals surface area contributed by atoms with Crippen LogP contribution in [0.1, 0.15) is 6.92 Å². The van der Waals surface area contributed by atoms with E-state index >= 15 is 0 Å². The van der Waals surface area contributed by atoms with Crippen molar-refractivity contribution in [3.63, 3.8) is 0 Å². The van der Waals surface area contributed by atoms with E-state index in [-0.39, 0.29) is 17.0 Å². The van der Waals surface area contributed by atoms with E-state index < -0.39 is 0 Å². The molecule has 0 N–H and O–H groups in total. The van der Waals surface area contributed by atoms with Gasteiger partial charge in [0.15, 0.2) is 6.20 Å². The molecule has 1 aromatic heterocycles. The molecule has 1 rings (SSSR count). The Morgan fingerprint density at radius 3 is 2.62 bits per heavy atom. The minimum atomic E-state index is 0. The summed E-state index contributed by atoms with van der Waals surface area (Å²) in [6, 6.07) is 0. The van der Waals surface area contributed by atoms with Gasteiger partial charge in [0.1, 0.15) is 6.54 Å². The third-order valence-electron chi connectivity index (χ3n) is 0.892. The fourth-order valence-corrected chi connectivity index (χ4v) is 1.11. The molecule has 8 heavy (non-hydrogen) atoms. The number of aryl methyl sites for hydroxylation is 1. The highest BCUT2D eigenvalue weighted by Gasteiger charge is 1.89. The molecule has 0 bridgehead atoms. The molecule has 0 aliphatic heterocycles. The summed E-state index contributed by atoms with van der Waals surface area (Å²) < 4.78 is 2.14. The molecule has 0 amide bonds. The molecule has 0 atom stereocenters. The molecule has 3 heteroatoms. The second-order valence-corrected chi connectivity index (χ2v) is 2.11. The van der Waals surface area contributed by atoms with Crippen LogP contribution >= 0.6 is 11.3 Å². The highest BCUT2D eigenvalue weighted by molar-refractivity contribution is 7.07. The number of thiazole rings is 1. The summed E-state index contributed by atoms with van der Waals surface area (Å²) in [5.41, 5.74) is 2.10. The molecule has 0 saturated heterocycles. The summed E-state index contributed by atoms with van der Waals surface area (Å²) in [6.07, 6.45) is 2.07. The van der Waals surface area contributed by atoms with Crippen molar-refractivity contribution in [2.45, 2.75) is 13.5 Å². The summed E-state index contributed by atoms with van der Waals surface area (Å²) in [7, 11) is 0. The number of rotatable bonds is 1. The predicted octanol–water partition coefficient (Wildman–Crippen LogP) is -1.94. The standard InChI is InChI=1S/C5H8NS.BrH/c1-2-6-3-4-7-5-6;/h3-5H,2H2,1H3;1H/q+1;/p-1. The Hall–Kier alpha value is 0.110.